The average Bonchev–Trinajstić information content (AvgIpc) is 2.59. The van der Waals surface area contributed by atoms with Gasteiger partial charge in [0.2, 0.25) is 0 Å². The summed E-state index contributed by atoms with van der Waals surface area (Å²) in [5, 5.41) is 0. The number of hydrogen-bond acceptors (Lipinski definition) is 2. The van der Waals surface area contributed by atoms with Crippen LogP contribution in [0.2, 0.25) is 0 Å². The minimum absolute atomic E-state index is 0.247. The molecule has 3 rings (SSSR count). The number of benzene rings is 1. The smallest absolute Gasteiger partial charge is 0.399 e. The maximum atomic E-state index is 6.12. The Bertz CT molecular complexity index is 493. The predicted octanol–water partition coefficient (Wildman–Crippen LogP) is 3.82. The van der Waals surface area contributed by atoms with Crippen LogP contribution in [0.5, 0.6) is 0 Å². The van der Waals surface area contributed by atoms with Gasteiger partial charge in [0, 0.05) is 0 Å². The van der Waals surface area contributed by atoms with E-state index >= 15 is 0 Å². The third-order valence-corrected chi connectivity index (χ3v) is 6.04. The van der Waals surface area contributed by atoms with E-state index in [9.17, 15) is 0 Å². The Labute approximate surface area is 129 Å². The van der Waals surface area contributed by atoms with E-state index in [-0.39, 0.29) is 18.3 Å². The first kappa shape index (κ1) is 15.1. The second kappa shape index (κ2) is 4.86. The molecule has 1 aromatic rings. The van der Waals surface area contributed by atoms with E-state index in [1.54, 1.807) is 0 Å². The Kier molecular flexibility index (Phi) is 3.49. The lowest BCUT2D eigenvalue weighted by Crippen LogP contribution is -2.41. The van der Waals surface area contributed by atoms with Gasteiger partial charge in [0.15, 0.2) is 0 Å². The van der Waals surface area contributed by atoms with Gasteiger partial charge in [0.25, 0.3) is 0 Å². The molecule has 1 heterocycles. The highest BCUT2D eigenvalue weighted by atomic mass is 16.7. The molecule has 0 unspecified atom stereocenters. The summed E-state index contributed by atoms with van der Waals surface area (Å²) < 4.78 is 12.2. The summed E-state index contributed by atoms with van der Waals surface area (Å²) in [6.45, 7) is 10.7. The van der Waals surface area contributed by atoms with Gasteiger partial charge >= 0.3 is 7.12 Å². The molecule has 0 atom stereocenters. The molecule has 21 heavy (non-hydrogen) atoms. The van der Waals surface area contributed by atoms with Gasteiger partial charge in [-0.25, -0.2) is 0 Å². The Morgan fingerprint density at radius 1 is 0.952 bits per heavy atom. The minimum Gasteiger partial charge on any atom is -0.399 e. The van der Waals surface area contributed by atoms with Crippen LogP contribution in [0.15, 0.2) is 24.3 Å². The van der Waals surface area contributed by atoms with E-state index < -0.39 is 0 Å². The standard InChI is InChI=1S/C18H27BO2/c1-6-18(12-7-13-18)14-8-10-15(11-9-14)19-20-16(2,3)17(4,5)21-19/h8-11H,6-7,12-13H2,1-5H3. The molecule has 0 radical (unpaired) electrons. The largest absolute Gasteiger partial charge is 0.494 e. The molecule has 1 aliphatic heterocycles. The average molecular weight is 286 g/mol. The Morgan fingerprint density at radius 3 is 1.86 bits per heavy atom. The fraction of sp³-hybridized carbons (Fsp3) is 0.667. The van der Waals surface area contributed by atoms with E-state index in [2.05, 4.69) is 58.9 Å². The molecular weight excluding hydrogens is 259 g/mol. The summed E-state index contributed by atoms with van der Waals surface area (Å²) >= 11 is 0. The van der Waals surface area contributed by atoms with Gasteiger partial charge in [0.05, 0.1) is 11.2 Å². The molecule has 0 amide bonds. The molecular formula is C18H27BO2. The summed E-state index contributed by atoms with van der Waals surface area (Å²) in [7, 11) is -0.247. The fourth-order valence-electron chi connectivity index (χ4n) is 3.42. The molecule has 1 saturated carbocycles. The van der Waals surface area contributed by atoms with Crippen LogP contribution in [0.4, 0.5) is 0 Å². The van der Waals surface area contributed by atoms with E-state index in [1.807, 2.05) is 0 Å². The van der Waals surface area contributed by atoms with Gasteiger partial charge < -0.3 is 9.31 Å². The van der Waals surface area contributed by atoms with E-state index in [4.69, 9.17) is 9.31 Å². The molecule has 2 fully saturated rings. The van der Waals surface area contributed by atoms with Crippen molar-refractivity contribution in [3.8, 4) is 0 Å². The molecule has 1 saturated heterocycles. The molecule has 0 aromatic heterocycles. The zero-order valence-corrected chi connectivity index (χ0v) is 14.0. The zero-order valence-electron chi connectivity index (χ0n) is 14.0. The monoisotopic (exact) mass is 286 g/mol. The predicted molar refractivity (Wildman–Crippen MR) is 88.0 cm³/mol. The Balaban J connectivity index is 1.80. The van der Waals surface area contributed by atoms with Crippen molar-refractivity contribution in [1.29, 1.82) is 0 Å². The normalized spacial score (nSPS) is 25.7. The van der Waals surface area contributed by atoms with Crippen LogP contribution in [0, 0.1) is 0 Å². The topological polar surface area (TPSA) is 18.5 Å². The van der Waals surface area contributed by atoms with Crippen LogP contribution < -0.4 is 5.46 Å². The van der Waals surface area contributed by atoms with E-state index in [1.165, 1.54) is 31.2 Å². The number of hydrogen-bond donors (Lipinski definition) is 0. The van der Waals surface area contributed by atoms with E-state index in [0.29, 0.717) is 5.41 Å². The summed E-state index contributed by atoms with van der Waals surface area (Å²) in [6.07, 6.45) is 5.27. The molecule has 114 valence electrons. The maximum Gasteiger partial charge on any atom is 0.494 e. The molecule has 2 aliphatic rings. The van der Waals surface area contributed by atoms with Crippen LogP contribution in [-0.2, 0) is 14.7 Å². The summed E-state index contributed by atoms with van der Waals surface area (Å²) in [4.78, 5) is 0. The van der Waals surface area contributed by atoms with Crippen molar-refractivity contribution >= 4 is 12.6 Å². The summed E-state index contributed by atoms with van der Waals surface area (Å²) in [5.74, 6) is 0. The summed E-state index contributed by atoms with van der Waals surface area (Å²) in [6, 6.07) is 8.94. The molecule has 1 aliphatic carbocycles. The van der Waals surface area contributed by atoms with Crippen molar-refractivity contribution < 1.29 is 9.31 Å². The lowest BCUT2D eigenvalue weighted by molar-refractivity contribution is 0.00578. The lowest BCUT2D eigenvalue weighted by atomic mass is 9.62. The third kappa shape index (κ3) is 2.35. The van der Waals surface area contributed by atoms with Crippen molar-refractivity contribution in [3.05, 3.63) is 29.8 Å². The zero-order chi connectivity index (χ0) is 15.3. The molecule has 2 nitrogen and oxygen atoms in total. The second-order valence-corrected chi connectivity index (χ2v) is 7.70. The SMILES string of the molecule is CCC1(c2ccc(B3OC(C)(C)C(C)(C)O3)cc2)CCC1. The highest BCUT2D eigenvalue weighted by molar-refractivity contribution is 6.62. The van der Waals surface area contributed by atoms with E-state index in [0.717, 1.165) is 5.46 Å². The van der Waals surface area contributed by atoms with Crippen LogP contribution in [0.3, 0.4) is 0 Å². The second-order valence-electron chi connectivity index (χ2n) is 7.70. The van der Waals surface area contributed by atoms with Gasteiger partial charge in [-0.15, -0.1) is 0 Å². The summed E-state index contributed by atoms with van der Waals surface area (Å²) in [5.41, 5.74) is 2.51. The first-order valence-corrected chi connectivity index (χ1v) is 8.26. The van der Waals surface area contributed by atoms with Gasteiger partial charge in [-0.05, 0) is 63.4 Å². The Hall–Kier alpha value is -0.795. The highest BCUT2D eigenvalue weighted by Gasteiger charge is 2.51. The molecule has 0 N–H and O–H groups in total. The van der Waals surface area contributed by atoms with Gasteiger partial charge in [-0.3, -0.25) is 0 Å². The van der Waals surface area contributed by atoms with Crippen LogP contribution in [-0.4, -0.2) is 18.3 Å². The molecule has 0 spiro atoms. The molecule has 3 heteroatoms. The highest BCUT2D eigenvalue weighted by Crippen LogP contribution is 2.46. The van der Waals surface area contributed by atoms with Crippen LogP contribution in [0.1, 0.15) is 65.9 Å². The Morgan fingerprint density at radius 2 is 1.48 bits per heavy atom. The van der Waals surface area contributed by atoms with Crippen molar-refractivity contribution in [2.45, 2.75) is 76.9 Å². The van der Waals surface area contributed by atoms with Crippen molar-refractivity contribution in [3.63, 3.8) is 0 Å². The minimum atomic E-state index is -0.269. The lowest BCUT2D eigenvalue weighted by Gasteiger charge is -2.42. The quantitative estimate of drug-likeness (QED) is 0.786. The van der Waals surface area contributed by atoms with Crippen LogP contribution in [0.25, 0.3) is 0 Å². The maximum absolute atomic E-state index is 6.12. The van der Waals surface area contributed by atoms with Crippen molar-refractivity contribution in [2.75, 3.05) is 0 Å². The molecule has 0 bridgehead atoms. The first-order chi connectivity index (χ1) is 9.80. The van der Waals surface area contributed by atoms with Gasteiger partial charge in [-0.2, -0.15) is 0 Å². The van der Waals surface area contributed by atoms with Crippen molar-refractivity contribution in [1.82, 2.24) is 0 Å². The molecule has 1 aromatic carbocycles. The van der Waals surface area contributed by atoms with Gasteiger partial charge in [0.1, 0.15) is 0 Å². The third-order valence-electron chi connectivity index (χ3n) is 6.04. The van der Waals surface area contributed by atoms with Crippen molar-refractivity contribution in [2.24, 2.45) is 0 Å². The fourth-order valence-corrected chi connectivity index (χ4v) is 3.42. The van der Waals surface area contributed by atoms with Crippen LogP contribution >= 0.6 is 0 Å². The van der Waals surface area contributed by atoms with Gasteiger partial charge in [-0.1, -0.05) is 37.6 Å². The first-order valence-electron chi connectivity index (χ1n) is 8.26. The number of rotatable bonds is 3.